The van der Waals surface area contributed by atoms with Crippen molar-refractivity contribution in [1.29, 1.82) is 0 Å². The van der Waals surface area contributed by atoms with E-state index in [1.54, 1.807) is 6.92 Å². The van der Waals surface area contributed by atoms with Crippen LogP contribution in [0, 0.1) is 13.8 Å². The summed E-state index contributed by atoms with van der Waals surface area (Å²) in [6.07, 6.45) is 1.58. The van der Waals surface area contributed by atoms with Gasteiger partial charge in [0.1, 0.15) is 0 Å². The van der Waals surface area contributed by atoms with Gasteiger partial charge in [0.15, 0.2) is 5.78 Å². The van der Waals surface area contributed by atoms with Crippen LogP contribution in [0.1, 0.15) is 42.6 Å². The van der Waals surface area contributed by atoms with Crippen LogP contribution in [0.25, 0.3) is 0 Å². The van der Waals surface area contributed by atoms with Crippen LogP contribution in [0.5, 0.6) is 0 Å². The molecular formula is C13H19OV-. The first-order valence-electron chi connectivity index (χ1n) is 5.04. The number of Topliss-reactive ketones (excluding diaryl/α,β-unsaturated/α-hetero) is 1. The van der Waals surface area contributed by atoms with E-state index >= 15 is 0 Å². The summed E-state index contributed by atoms with van der Waals surface area (Å²) in [4.78, 5) is 11.4. The predicted molar refractivity (Wildman–Crippen MR) is 61.4 cm³/mol. The second-order valence-electron chi connectivity index (χ2n) is 3.04. The van der Waals surface area contributed by atoms with E-state index in [-0.39, 0.29) is 24.3 Å². The van der Waals surface area contributed by atoms with Gasteiger partial charge in [0.05, 0.1) is 0 Å². The van der Waals surface area contributed by atoms with Gasteiger partial charge < -0.3 is 6.92 Å². The summed E-state index contributed by atoms with van der Waals surface area (Å²) in [5.74, 6) is 0.248. The van der Waals surface area contributed by atoms with Crippen molar-refractivity contribution >= 4 is 5.78 Å². The van der Waals surface area contributed by atoms with Crippen molar-refractivity contribution in [1.82, 2.24) is 0 Å². The maximum Gasteiger partial charge on any atom is 0.162 e. The van der Waals surface area contributed by atoms with E-state index in [1.807, 2.05) is 38.1 Å². The fourth-order valence-electron chi connectivity index (χ4n) is 1.11. The summed E-state index contributed by atoms with van der Waals surface area (Å²) in [5.41, 5.74) is 2.03. The fourth-order valence-corrected chi connectivity index (χ4v) is 1.11. The summed E-state index contributed by atoms with van der Waals surface area (Å²) in [6, 6.07) is 7.74. The Balaban J connectivity index is 0. The number of carbonyl (C=O) groups is 1. The quantitative estimate of drug-likeness (QED) is 0.581. The van der Waals surface area contributed by atoms with Gasteiger partial charge in [-0.2, -0.15) is 6.92 Å². The molecule has 2 heteroatoms. The normalized spacial score (nSPS) is 8.27. The Bertz CT molecular complexity index is 264. The minimum atomic E-state index is 0. The zero-order valence-electron chi connectivity index (χ0n) is 9.79. The molecule has 1 radical (unpaired) electrons. The molecule has 0 aliphatic rings. The van der Waals surface area contributed by atoms with Crippen LogP contribution in [0.3, 0.4) is 0 Å². The van der Waals surface area contributed by atoms with E-state index in [0.29, 0.717) is 6.42 Å². The third kappa shape index (κ3) is 6.54. The van der Waals surface area contributed by atoms with Gasteiger partial charge in [-0.25, -0.2) is 0 Å². The molecule has 0 atom stereocenters. The van der Waals surface area contributed by atoms with Crippen LogP contribution in [-0.2, 0) is 18.6 Å². The molecule has 0 saturated heterocycles. The summed E-state index contributed by atoms with van der Waals surface area (Å²) in [6.45, 7) is 9.04. The smallest absolute Gasteiger partial charge is 0.162 e. The molecule has 0 bridgehead atoms. The van der Waals surface area contributed by atoms with E-state index in [9.17, 15) is 4.79 Å². The van der Waals surface area contributed by atoms with E-state index in [0.717, 1.165) is 12.0 Å². The SMILES string of the molecule is CCCC(=O)c1ccc(C)cc1.[CH2-]C.[V]. The molecule has 15 heavy (non-hydrogen) atoms. The topological polar surface area (TPSA) is 17.1 Å². The van der Waals surface area contributed by atoms with Gasteiger partial charge in [-0.3, -0.25) is 4.79 Å². The number of rotatable bonds is 3. The van der Waals surface area contributed by atoms with Crippen LogP contribution in [0.4, 0.5) is 0 Å². The molecule has 0 aliphatic carbocycles. The minimum absolute atomic E-state index is 0. The number of carbonyl (C=O) groups excluding carboxylic acids is 1. The largest absolute Gasteiger partial charge is 0.346 e. The van der Waals surface area contributed by atoms with Crippen LogP contribution in [0.15, 0.2) is 24.3 Å². The first kappa shape index (κ1) is 16.9. The van der Waals surface area contributed by atoms with E-state index in [1.165, 1.54) is 5.56 Å². The zero-order chi connectivity index (χ0) is 11.0. The molecule has 1 aromatic rings. The Hall–Kier alpha value is -0.526. The van der Waals surface area contributed by atoms with Crippen LogP contribution < -0.4 is 0 Å². The molecule has 0 N–H and O–H groups in total. The van der Waals surface area contributed by atoms with Gasteiger partial charge in [0.25, 0.3) is 0 Å². The molecule has 1 nitrogen and oxygen atoms in total. The van der Waals surface area contributed by atoms with Crippen molar-refractivity contribution in [2.75, 3.05) is 0 Å². The molecule has 83 valence electrons. The molecule has 0 unspecified atom stereocenters. The molecule has 0 amide bonds. The molecular weight excluding hydrogens is 223 g/mol. The molecule has 1 rings (SSSR count). The zero-order valence-corrected chi connectivity index (χ0v) is 11.2. The molecule has 0 fully saturated rings. The Morgan fingerprint density at radius 1 is 1.20 bits per heavy atom. The summed E-state index contributed by atoms with van der Waals surface area (Å²) >= 11 is 0. The summed E-state index contributed by atoms with van der Waals surface area (Å²) in [5, 5.41) is 0. The predicted octanol–water partition coefficient (Wildman–Crippen LogP) is 3.82. The van der Waals surface area contributed by atoms with Gasteiger partial charge in [-0.1, -0.05) is 36.8 Å². The van der Waals surface area contributed by atoms with Crippen molar-refractivity contribution in [3.05, 3.63) is 42.3 Å². The first-order valence-corrected chi connectivity index (χ1v) is 5.04. The average Bonchev–Trinajstić information content (AvgIpc) is 2.22. The Morgan fingerprint density at radius 2 is 1.67 bits per heavy atom. The Labute approximate surface area is 105 Å². The molecule has 0 aromatic heterocycles. The molecule has 0 saturated carbocycles. The molecule has 0 aliphatic heterocycles. The van der Waals surface area contributed by atoms with Gasteiger partial charge in [-0.15, -0.1) is 0 Å². The number of benzene rings is 1. The van der Waals surface area contributed by atoms with Crippen molar-refractivity contribution in [2.24, 2.45) is 0 Å². The number of ketones is 1. The number of hydrogen-bond acceptors (Lipinski definition) is 1. The van der Waals surface area contributed by atoms with Crippen LogP contribution in [-0.4, -0.2) is 5.78 Å². The van der Waals surface area contributed by atoms with Crippen molar-refractivity contribution in [3.63, 3.8) is 0 Å². The van der Waals surface area contributed by atoms with Crippen molar-refractivity contribution in [2.45, 2.75) is 33.6 Å². The number of aryl methyl sites for hydroxylation is 1. The van der Waals surface area contributed by atoms with Crippen LogP contribution in [0.2, 0.25) is 0 Å². The summed E-state index contributed by atoms with van der Waals surface area (Å²) in [7, 11) is 0. The Kier molecular flexibility index (Phi) is 11.3. The molecule has 0 spiro atoms. The van der Waals surface area contributed by atoms with E-state index < -0.39 is 0 Å². The maximum atomic E-state index is 11.4. The Morgan fingerprint density at radius 3 is 2.07 bits per heavy atom. The van der Waals surface area contributed by atoms with Crippen molar-refractivity contribution < 1.29 is 23.4 Å². The second kappa shape index (κ2) is 10.0. The van der Waals surface area contributed by atoms with E-state index in [2.05, 4.69) is 6.92 Å². The molecule has 1 aromatic carbocycles. The monoisotopic (exact) mass is 242 g/mol. The third-order valence-electron chi connectivity index (χ3n) is 1.85. The van der Waals surface area contributed by atoms with Gasteiger partial charge >= 0.3 is 0 Å². The standard InChI is InChI=1S/C11H14O.C2H5.V/c1-3-4-11(12)10-7-5-9(2)6-8-10;1-2;/h5-8H,3-4H2,1-2H3;1H2,2H3;/q;-1;. The van der Waals surface area contributed by atoms with Gasteiger partial charge in [0.2, 0.25) is 0 Å². The van der Waals surface area contributed by atoms with E-state index in [4.69, 9.17) is 0 Å². The molecule has 0 heterocycles. The summed E-state index contributed by atoms with van der Waals surface area (Å²) < 4.78 is 0. The third-order valence-corrected chi connectivity index (χ3v) is 1.85. The number of hydrogen-bond donors (Lipinski definition) is 0. The second-order valence-corrected chi connectivity index (χ2v) is 3.04. The van der Waals surface area contributed by atoms with Gasteiger partial charge in [-0.05, 0) is 13.3 Å². The van der Waals surface area contributed by atoms with Crippen LogP contribution >= 0.6 is 0 Å². The average molecular weight is 242 g/mol. The maximum absolute atomic E-state index is 11.4. The fraction of sp³-hybridized carbons (Fsp3) is 0.385. The minimum Gasteiger partial charge on any atom is -0.346 e. The van der Waals surface area contributed by atoms with Gasteiger partial charge in [0, 0.05) is 30.5 Å². The first-order chi connectivity index (χ1) is 6.74. The van der Waals surface area contributed by atoms with Crippen molar-refractivity contribution in [3.8, 4) is 0 Å².